The van der Waals surface area contributed by atoms with Crippen LogP contribution in [0.4, 0.5) is 4.39 Å². The molecular formula is C20H25FN6O2. The Morgan fingerprint density at radius 1 is 1.28 bits per heavy atom. The summed E-state index contributed by atoms with van der Waals surface area (Å²) < 4.78 is 15.8. The van der Waals surface area contributed by atoms with Gasteiger partial charge in [-0.25, -0.2) is 4.39 Å². The van der Waals surface area contributed by atoms with Crippen molar-refractivity contribution in [3.05, 3.63) is 47.5 Å². The van der Waals surface area contributed by atoms with Crippen molar-refractivity contribution >= 4 is 11.8 Å². The normalized spacial score (nSPS) is 20.5. The van der Waals surface area contributed by atoms with Gasteiger partial charge in [-0.2, -0.15) is 0 Å². The third kappa shape index (κ3) is 4.79. The summed E-state index contributed by atoms with van der Waals surface area (Å²) in [6.45, 7) is 4.31. The molecule has 4 rings (SSSR count). The van der Waals surface area contributed by atoms with Crippen molar-refractivity contribution < 1.29 is 14.0 Å². The Hall–Kier alpha value is -2.81. The predicted molar refractivity (Wildman–Crippen MR) is 103 cm³/mol. The summed E-state index contributed by atoms with van der Waals surface area (Å²) in [5, 5.41) is 11.2. The quantitative estimate of drug-likeness (QED) is 0.806. The number of piperidine rings is 1. The fraction of sp³-hybridized carbons (Fsp3) is 0.500. The van der Waals surface area contributed by atoms with Gasteiger partial charge in [-0.05, 0) is 30.9 Å². The lowest BCUT2D eigenvalue weighted by Crippen LogP contribution is -2.47. The van der Waals surface area contributed by atoms with Gasteiger partial charge in [0.2, 0.25) is 5.91 Å². The molecule has 2 saturated heterocycles. The number of hydrogen-bond acceptors (Lipinski definition) is 5. The summed E-state index contributed by atoms with van der Waals surface area (Å²) in [7, 11) is 0. The predicted octanol–water partition coefficient (Wildman–Crippen LogP) is 0.901. The van der Waals surface area contributed by atoms with Crippen molar-refractivity contribution in [2.45, 2.75) is 25.9 Å². The largest absolute Gasteiger partial charge is 0.354 e. The number of nitrogens with zero attached hydrogens (tertiary/aromatic N) is 5. The Labute approximate surface area is 168 Å². The van der Waals surface area contributed by atoms with Gasteiger partial charge in [-0.1, -0.05) is 17.3 Å². The molecule has 1 aromatic heterocycles. The zero-order valence-corrected chi connectivity index (χ0v) is 16.3. The lowest BCUT2D eigenvalue weighted by atomic mass is 9.97. The van der Waals surface area contributed by atoms with Gasteiger partial charge < -0.3 is 10.2 Å². The summed E-state index contributed by atoms with van der Waals surface area (Å²) in [6, 6.07) is 6.12. The van der Waals surface area contributed by atoms with Gasteiger partial charge in [0.1, 0.15) is 5.82 Å². The van der Waals surface area contributed by atoms with Gasteiger partial charge in [0.25, 0.3) is 5.91 Å². The van der Waals surface area contributed by atoms with Gasteiger partial charge in [0.05, 0.1) is 17.8 Å². The maximum Gasteiger partial charge on any atom is 0.256 e. The van der Waals surface area contributed by atoms with E-state index in [1.807, 2.05) is 11.1 Å². The molecule has 8 nitrogen and oxygen atoms in total. The molecule has 1 aromatic carbocycles. The van der Waals surface area contributed by atoms with E-state index in [1.54, 1.807) is 21.7 Å². The number of aromatic nitrogens is 3. The van der Waals surface area contributed by atoms with E-state index < -0.39 is 5.82 Å². The number of carbonyl (C=O) groups excluding carboxylic acids is 2. The third-order valence-corrected chi connectivity index (χ3v) is 5.44. The van der Waals surface area contributed by atoms with Gasteiger partial charge in [0.15, 0.2) is 0 Å². The number of amides is 2. The molecule has 0 aliphatic carbocycles. The fourth-order valence-electron chi connectivity index (χ4n) is 4.02. The molecule has 2 aromatic rings. The molecule has 154 valence electrons. The summed E-state index contributed by atoms with van der Waals surface area (Å²) >= 11 is 0. The first-order valence-corrected chi connectivity index (χ1v) is 10.0. The first kappa shape index (κ1) is 19.5. The van der Waals surface area contributed by atoms with E-state index in [1.165, 1.54) is 12.1 Å². The first-order chi connectivity index (χ1) is 14.1. The van der Waals surface area contributed by atoms with Crippen molar-refractivity contribution in [2.24, 2.45) is 5.92 Å². The number of likely N-dealkylation sites (tertiary alicyclic amines) is 1. The van der Waals surface area contributed by atoms with Crippen molar-refractivity contribution in [3.63, 3.8) is 0 Å². The number of nitrogens with one attached hydrogen (secondary N) is 1. The zero-order valence-electron chi connectivity index (χ0n) is 16.3. The van der Waals surface area contributed by atoms with Crippen LogP contribution >= 0.6 is 0 Å². The molecule has 2 fully saturated rings. The van der Waals surface area contributed by atoms with Gasteiger partial charge in [-0.3, -0.25) is 19.2 Å². The van der Waals surface area contributed by atoms with Crippen molar-refractivity contribution in [3.8, 4) is 0 Å². The Morgan fingerprint density at radius 2 is 2.14 bits per heavy atom. The second-order valence-electron chi connectivity index (χ2n) is 7.73. The number of rotatable bonds is 5. The highest BCUT2D eigenvalue weighted by Gasteiger charge is 2.26. The van der Waals surface area contributed by atoms with Crippen LogP contribution in [0.15, 0.2) is 30.5 Å². The Morgan fingerprint density at radius 3 is 2.97 bits per heavy atom. The maximum atomic E-state index is 14.0. The Balaban J connectivity index is 1.34. The Kier molecular flexibility index (Phi) is 5.84. The van der Waals surface area contributed by atoms with Crippen LogP contribution in [0.1, 0.15) is 28.9 Å². The van der Waals surface area contributed by atoms with E-state index in [2.05, 4.69) is 15.6 Å². The lowest BCUT2D eigenvalue weighted by molar-refractivity contribution is -0.124. The minimum absolute atomic E-state index is 0.0328. The fourth-order valence-corrected chi connectivity index (χ4v) is 4.02. The molecule has 0 radical (unpaired) electrons. The molecule has 3 heterocycles. The van der Waals surface area contributed by atoms with Crippen LogP contribution in [0.5, 0.6) is 0 Å². The van der Waals surface area contributed by atoms with Crippen LogP contribution in [-0.2, 0) is 17.9 Å². The van der Waals surface area contributed by atoms with Crippen LogP contribution in [0.3, 0.4) is 0 Å². The SMILES string of the molecule is O=C1CN(Cc2cn(CC3CCCN(C(=O)c4ccccc4F)C3)nn2)CCN1. The number of hydrogen-bond donors (Lipinski definition) is 1. The number of piperazine rings is 1. The van der Waals surface area contributed by atoms with Crippen LogP contribution in [-0.4, -0.2) is 69.3 Å². The van der Waals surface area contributed by atoms with E-state index >= 15 is 0 Å². The minimum atomic E-state index is -0.480. The lowest BCUT2D eigenvalue weighted by Gasteiger charge is -2.32. The molecule has 2 aliphatic rings. The zero-order chi connectivity index (χ0) is 20.2. The summed E-state index contributed by atoms with van der Waals surface area (Å²) in [6.07, 6.45) is 3.78. The van der Waals surface area contributed by atoms with E-state index in [0.717, 1.165) is 25.1 Å². The van der Waals surface area contributed by atoms with Crippen LogP contribution < -0.4 is 5.32 Å². The molecule has 0 spiro atoms. The van der Waals surface area contributed by atoms with E-state index in [-0.39, 0.29) is 23.3 Å². The molecule has 2 amide bonds. The first-order valence-electron chi connectivity index (χ1n) is 10.0. The van der Waals surface area contributed by atoms with Crippen LogP contribution in [0, 0.1) is 11.7 Å². The molecule has 0 bridgehead atoms. The molecule has 2 aliphatic heterocycles. The van der Waals surface area contributed by atoms with E-state index in [9.17, 15) is 14.0 Å². The number of carbonyl (C=O) groups is 2. The molecule has 9 heteroatoms. The van der Waals surface area contributed by atoms with E-state index in [0.29, 0.717) is 39.3 Å². The standard InChI is InChI=1S/C20H25FN6O2/c21-18-6-2-1-5-17(18)20(29)26-8-3-4-15(10-26)11-27-13-16(23-24-27)12-25-9-7-22-19(28)14-25/h1-2,5-6,13,15H,3-4,7-12,14H2,(H,22,28). The molecule has 29 heavy (non-hydrogen) atoms. The summed E-state index contributed by atoms with van der Waals surface area (Å²) in [5.74, 6) is -0.456. The van der Waals surface area contributed by atoms with Crippen molar-refractivity contribution in [1.82, 2.24) is 30.1 Å². The smallest absolute Gasteiger partial charge is 0.256 e. The van der Waals surface area contributed by atoms with Gasteiger partial charge in [-0.15, -0.1) is 5.10 Å². The van der Waals surface area contributed by atoms with Crippen LogP contribution in [0.25, 0.3) is 0 Å². The Bertz CT molecular complexity index is 885. The third-order valence-electron chi connectivity index (χ3n) is 5.44. The average molecular weight is 400 g/mol. The molecule has 1 N–H and O–H groups in total. The topological polar surface area (TPSA) is 83.4 Å². The van der Waals surface area contributed by atoms with Crippen molar-refractivity contribution in [2.75, 3.05) is 32.7 Å². The molecule has 0 saturated carbocycles. The highest BCUT2D eigenvalue weighted by Crippen LogP contribution is 2.21. The molecule has 1 atom stereocenters. The van der Waals surface area contributed by atoms with Gasteiger partial charge >= 0.3 is 0 Å². The molecule has 1 unspecified atom stereocenters. The minimum Gasteiger partial charge on any atom is -0.354 e. The second-order valence-corrected chi connectivity index (χ2v) is 7.73. The second kappa shape index (κ2) is 8.69. The summed E-state index contributed by atoms with van der Waals surface area (Å²) in [5.41, 5.74) is 0.955. The van der Waals surface area contributed by atoms with E-state index in [4.69, 9.17) is 0 Å². The van der Waals surface area contributed by atoms with Crippen molar-refractivity contribution in [1.29, 1.82) is 0 Å². The number of benzene rings is 1. The highest BCUT2D eigenvalue weighted by molar-refractivity contribution is 5.94. The number of halogens is 1. The average Bonchev–Trinajstić information content (AvgIpc) is 3.15. The highest BCUT2D eigenvalue weighted by atomic mass is 19.1. The monoisotopic (exact) mass is 400 g/mol. The maximum absolute atomic E-state index is 14.0. The molecular weight excluding hydrogens is 375 g/mol. The summed E-state index contributed by atoms with van der Waals surface area (Å²) in [4.78, 5) is 28.0. The van der Waals surface area contributed by atoms with Crippen LogP contribution in [0.2, 0.25) is 0 Å². The van der Waals surface area contributed by atoms with Gasteiger partial charge in [0, 0.05) is 45.5 Å².